The largest absolute Gasteiger partial charge is 0.483 e. The maximum absolute atomic E-state index is 12.6. The van der Waals surface area contributed by atoms with Crippen molar-refractivity contribution in [1.29, 1.82) is 0 Å². The first-order chi connectivity index (χ1) is 14.9. The van der Waals surface area contributed by atoms with Crippen molar-refractivity contribution in [2.75, 3.05) is 5.32 Å². The summed E-state index contributed by atoms with van der Waals surface area (Å²) < 4.78 is 0. The molecule has 31 heavy (non-hydrogen) atoms. The van der Waals surface area contributed by atoms with Crippen LogP contribution in [0.25, 0.3) is 22.0 Å². The van der Waals surface area contributed by atoms with Crippen LogP contribution < -0.4 is 5.32 Å². The standard InChI is InChI=1S/C25H22N2O.CH2O2/c1-16-6-4-8-23(18(16)3)27-25(28)20-11-9-19(10-12-20)22-15-21-7-5-13-26-24(21)14-17(22)2;2-1-3/h4-15H,1-3H3,(H,27,28);1H,(H,2,3). The molecule has 0 unspecified atom stereocenters. The van der Waals surface area contributed by atoms with Crippen LogP contribution in [0, 0.1) is 20.8 Å². The van der Waals surface area contributed by atoms with Crippen molar-refractivity contribution in [3.05, 3.63) is 95.2 Å². The van der Waals surface area contributed by atoms with E-state index in [4.69, 9.17) is 9.90 Å². The van der Waals surface area contributed by atoms with E-state index >= 15 is 0 Å². The number of carbonyl (C=O) groups is 2. The molecular formula is C26H24N2O3. The minimum atomic E-state index is -0.250. The molecule has 0 saturated carbocycles. The third-order valence-corrected chi connectivity index (χ3v) is 5.26. The van der Waals surface area contributed by atoms with E-state index in [0.717, 1.165) is 38.8 Å². The molecule has 0 atom stereocenters. The van der Waals surface area contributed by atoms with Gasteiger partial charge in [0.25, 0.3) is 12.4 Å². The summed E-state index contributed by atoms with van der Waals surface area (Å²) in [5.41, 5.74) is 8.15. The van der Waals surface area contributed by atoms with Gasteiger partial charge in [0.2, 0.25) is 0 Å². The van der Waals surface area contributed by atoms with E-state index in [1.807, 2.05) is 68.6 Å². The highest BCUT2D eigenvalue weighted by atomic mass is 16.3. The molecule has 4 rings (SSSR count). The van der Waals surface area contributed by atoms with Crippen molar-refractivity contribution < 1.29 is 14.7 Å². The molecule has 4 aromatic rings. The van der Waals surface area contributed by atoms with Gasteiger partial charge in [0.05, 0.1) is 5.52 Å². The zero-order valence-corrected chi connectivity index (χ0v) is 17.7. The van der Waals surface area contributed by atoms with Gasteiger partial charge in [0.15, 0.2) is 0 Å². The highest BCUT2D eigenvalue weighted by Gasteiger charge is 2.10. The Morgan fingerprint density at radius 2 is 1.65 bits per heavy atom. The summed E-state index contributed by atoms with van der Waals surface area (Å²) in [5.74, 6) is -0.0975. The second kappa shape index (κ2) is 9.67. The van der Waals surface area contributed by atoms with Gasteiger partial charge in [0.1, 0.15) is 0 Å². The van der Waals surface area contributed by atoms with Crippen LogP contribution in [0.4, 0.5) is 5.69 Å². The fourth-order valence-electron chi connectivity index (χ4n) is 3.42. The molecule has 0 bridgehead atoms. The van der Waals surface area contributed by atoms with Gasteiger partial charge in [0, 0.05) is 22.8 Å². The van der Waals surface area contributed by atoms with Gasteiger partial charge < -0.3 is 10.4 Å². The van der Waals surface area contributed by atoms with Crippen LogP contribution >= 0.6 is 0 Å². The second-order valence-corrected chi connectivity index (χ2v) is 7.25. The van der Waals surface area contributed by atoms with Crippen LogP contribution in [-0.2, 0) is 4.79 Å². The second-order valence-electron chi connectivity index (χ2n) is 7.25. The van der Waals surface area contributed by atoms with Crippen LogP contribution in [0.3, 0.4) is 0 Å². The predicted octanol–water partition coefficient (Wildman–Crippen LogP) is 5.78. The SMILES string of the molecule is Cc1cc2ncccc2cc1-c1ccc(C(=O)Nc2cccc(C)c2C)cc1.O=CO. The summed E-state index contributed by atoms with van der Waals surface area (Å²) in [5, 5.41) is 11.0. The quantitative estimate of drug-likeness (QED) is 0.418. The molecule has 0 aliphatic carbocycles. The minimum absolute atomic E-state index is 0.0975. The number of benzene rings is 3. The maximum Gasteiger partial charge on any atom is 0.290 e. The van der Waals surface area contributed by atoms with Gasteiger partial charge in [-0.2, -0.15) is 0 Å². The number of pyridine rings is 1. The molecule has 0 saturated heterocycles. The van der Waals surface area contributed by atoms with E-state index in [9.17, 15) is 4.79 Å². The third kappa shape index (κ3) is 4.95. The number of fused-ring (bicyclic) bond motifs is 1. The number of carbonyl (C=O) groups excluding carboxylic acids is 1. The molecule has 1 heterocycles. The molecule has 0 radical (unpaired) electrons. The molecule has 3 aromatic carbocycles. The highest BCUT2D eigenvalue weighted by molar-refractivity contribution is 6.05. The van der Waals surface area contributed by atoms with Crippen LogP contribution in [0.5, 0.6) is 0 Å². The number of nitrogens with one attached hydrogen (secondary N) is 1. The molecule has 5 heteroatoms. The predicted molar refractivity (Wildman–Crippen MR) is 124 cm³/mol. The lowest BCUT2D eigenvalue weighted by Gasteiger charge is -2.11. The van der Waals surface area contributed by atoms with E-state index in [2.05, 4.69) is 35.4 Å². The van der Waals surface area contributed by atoms with Gasteiger partial charge in [-0.1, -0.05) is 30.3 Å². The average Bonchev–Trinajstić information content (AvgIpc) is 2.77. The molecule has 156 valence electrons. The molecule has 1 aromatic heterocycles. The maximum atomic E-state index is 12.6. The van der Waals surface area contributed by atoms with E-state index in [-0.39, 0.29) is 12.4 Å². The normalized spacial score (nSPS) is 10.2. The summed E-state index contributed by atoms with van der Waals surface area (Å²) >= 11 is 0. The molecule has 0 aliphatic rings. The summed E-state index contributed by atoms with van der Waals surface area (Å²) in [6.07, 6.45) is 1.81. The molecular weight excluding hydrogens is 388 g/mol. The Kier molecular flexibility index (Phi) is 6.78. The fourth-order valence-corrected chi connectivity index (χ4v) is 3.42. The van der Waals surface area contributed by atoms with E-state index in [1.165, 1.54) is 5.56 Å². The summed E-state index contributed by atoms with van der Waals surface area (Å²) in [7, 11) is 0. The Hall–Kier alpha value is -3.99. The van der Waals surface area contributed by atoms with Crippen molar-refractivity contribution >= 4 is 29.0 Å². The lowest BCUT2D eigenvalue weighted by atomic mass is 9.97. The van der Waals surface area contributed by atoms with Crippen LogP contribution in [0.15, 0.2) is 72.9 Å². The smallest absolute Gasteiger partial charge is 0.290 e. The Morgan fingerprint density at radius 1 is 0.935 bits per heavy atom. The van der Waals surface area contributed by atoms with Crippen molar-refractivity contribution in [1.82, 2.24) is 4.98 Å². The van der Waals surface area contributed by atoms with Gasteiger partial charge in [-0.25, -0.2) is 0 Å². The first kappa shape index (κ1) is 21.7. The number of hydrogen-bond acceptors (Lipinski definition) is 3. The minimum Gasteiger partial charge on any atom is -0.483 e. The van der Waals surface area contributed by atoms with Gasteiger partial charge in [-0.05, 0) is 85.0 Å². The fraction of sp³-hybridized carbons (Fsp3) is 0.115. The number of aryl methyl sites for hydroxylation is 2. The molecule has 0 spiro atoms. The Bertz CT molecular complexity index is 1230. The molecule has 0 aliphatic heterocycles. The average molecular weight is 412 g/mol. The van der Waals surface area contributed by atoms with Crippen LogP contribution in [0.1, 0.15) is 27.0 Å². The van der Waals surface area contributed by atoms with Crippen LogP contribution in [-0.4, -0.2) is 22.5 Å². The Balaban J connectivity index is 0.000000858. The van der Waals surface area contributed by atoms with Crippen LogP contribution in [0.2, 0.25) is 0 Å². The van der Waals surface area contributed by atoms with Gasteiger partial charge >= 0.3 is 0 Å². The Morgan fingerprint density at radius 3 is 2.35 bits per heavy atom. The molecule has 2 N–H and O–H groups in total. The lowest BCUT2D eigenvalue weighted by molar-refractivity contribution is -0.122. The molecule has 1 amide bonds. The topological polar surface area (TPSA) is 79.3 Å². The zero-order chi connectivity index (χ0) is 22.4. The van der Waals surface area contributed by atoms with Crippen molar-refractivity contribution in [3.8, 4) is 11.1 Å². The number of anilines is 1. The lowest BCUT2D eigenvalue weighted by Crippen LogP contribution is -2.12. The number of aromatic nitrogens is 1. The van der Waals surface area contributed by atoms with E-state index < -0.39 is 0 Å². The monoisotopic (exact) mass is 412 g/mol. The number of rotatable bonds is 3. The van der Waals surface area contributed by atoms with Crippen molar-refractivity contribution in [2.24, 2.45) is 0 Å². The molecule has 0 fully saturated rings. The van der Waals surface area contributed by atoms with E-state index in [0.29, 0.717) is 5.56 Å². The number of amides is 1. The van der Waals surface area contributed by atoms with Gasteiger partial charge in [-0.3, -0.25) is 14.6 Å². The van der Waals surface area contributed by atoms with Crippen molar-refractivity contribution in [3.63, 3.8) is 0 Å². The summed E-state index contributed by atoms with van der Waals surface area (Å²) in [4.78, 5) is 25.4. The Labute approximate surface area is 181 Å². The van der Waals surface area contributed by atoms with Gasteiger partial charge in [-0.15, -0.1) is 0 Å². The van der Waals surface area contributed by atoms with E-state index in [1.54, 1.807) is 0 Å². The third-order valence-electron chi connectivity index (χ3n) is 5.26. The zero-order valence-electron chi connectivity index (χ0n) is 17.7. The number of hydrogen-bond donors (Lipinski definition) is 2. The molecule has 5 nitrogen and oxygen atoms in total. The first-order valence-electron chi connectivity index (χ1n) is 9.86. The number of carboxylic acid groups (broad SMARTS) is 1. The number of nitrogens with zero attached hydrogens (tertiary/aromatic N) is 1. The first-order valence-corrected chi connectivity index (χ1v) is 9.86. The highest BCUT2D eigenvalue weighted by Crippen LogP contribution is 2.28. The van der Waals surface area contributed by atoms with Crippen molar-refractivity contribution in [2.45, 2.75) is 20.8 Å². The summed E-state index contributed by atoms with van der Waals surface area (Å²) in [6.45, 7) is 5.90. The summed E-state index contributed by atoms with van der Waals surface area (Å²) in [6, 6.07) is 22.0.